The average Bonchev–Trinajstić information content (AvgIpc) is 2.89. The van der Waals surface area contributed by atoms with Crippen LogP contribution in [0, 0.1) is 0 Å². The molecule has 1 aromatic heterocycles. The minimum Gasteiger partial charge on any atom is -0.485 e. The van der Waals surface area contributed by atoms with E-state index in [1.807, 2.05) is 24.3 Å². The molecule has 3 heterocycles. The summed E-state index contributed by atoms with van der Waals surface area (Å²) in [5.74, 6) is 2.18. The molecule has 0 saturated carbocycles. The highest BCUT2D eigenvalue weighted by molar-refractivity contribution is 7.99. The number of thioether (sulfide) groups is 1. The minimum atomic E-state index is -0.398. The summed E-state index contributed by atoms with van der Waals surface area (Å²) >= 11 is 1.35. The first kappa shape index (κ1) is 11.6. The Morgan fingerprint density at radius 3 is 3.05 bits per heavy atom. The Bertz CT molecular complexity index is 687. The van der Waals surface area contributed by atoms with Gasteiger partial charge in [0.25, 0.3) is 0 Å². The van der Waals surface area contributed by atoms with Crippen LogP contribution in [-0.2, 0) is 4.79 Å². The van der Waals surface area contributed by atoms with E-state index in [-0.39, 0.29) is 5.91 Å². The Balaban J connectivity index is 1.67. The van der Waals surface area contributed by atoms with E-state index >= 15 is 0 Å². The lowest BCUT2D eigenvalue weighted by Gasteiger charge is -2.26. The lowest BCUT2D eigenvalue weighted by atomic mass is 10.2. The zero-order valence-corrected chi connectivity index (χ0v) is 11.1. The summed E-state index contributed by atoms with van der Waals surface area (Å²) in [4.78, 5) is 11.5. The first-order valence-corrected chi connectivity index (χ1v) is 7.06. The van der Waals surface area contributed by atoms with E-state index in [0.717, 1.165) is 0 Å². The molecule has 0 spiro atoms. The molecule has 1 atom stereocenters. The molecule has 7 nitrogen and oxygen atoms in total. The summed E-state index contributed by atoms with van der Waals surface area (Å²) < 4.78 is 13.1. The molecule has 0 bridgehead atoms. The Kier molecular flexibility index (Phi) is 2.56. The van der Waals surface area contributed by atoms with E-state index in [9.17, 15) is 4.79 Å². The van der Waals surface area contributed by atoms with Gasteiger partial charge in [-0.3, -0.25) is 10.2 Å². The second-order valence-electron chi connectivity index (χ2n) is 4.36. The number of aromatic nitrogens is 3. The lowest BCUT2D eigenvalue weighted by Crippen LogP contribution is -2.33. The van der Waals surface area contributed by atoms with E-state index in [2.05, 4.69) is 15.6 Å². The summed E-state index contributed by atoms with van der Waals surface area (Å²) in [5.41, 5.74) is 2.73. The number of nitrogens with zero attached hydrogens (tertiary/aromatic N) is 3. The number of hydrogen-bond acceptors (Lipinski definition) is 6. The van der Waals surface area contributed by atoms with Gasteiger partial charge in [-0.25, -0.2) is 4.68 Å². The minimum absolute atomic E-state index is 0.0827. The van der Waals surface area contributed by atoms with Crippen molar-refractivity contribution in [1.29, 1.82) is 0 Å². The van der Waals surface area contributed by atoms with Crippen molar-refractivity contribution >= 4 is 17.7 Å². The van der Waals surface area contributed by atoms with Gasteiger partial charge >= 0.3 is 0 Å². The molecule has 2 aliphatic rings. The maximum atomic E-state index is 11.5. The van der Waals surface area contributed by atoms with Gasteiger partial charge in [-0.2, -0.15) is 0 Å². The van der Waals surface area contributed by atoms with E-state index in [1.165, 1.54) is 11.8 Å². The quantitative estimate of drug-likeness (QED) is 0.843. The Labute approximate surface area is 118 Å². The summed E-state index contributed by atoms with van der Waals surface area (Å²) in [5, 5.41) is 8.80. The lowest BCUT2D eigenvalue weighted by molar-refractivity contribution is -0.115. The fourth-order valence-corrected chi connectivity index (χ4v) is 2.81. The largest absolute Gasteiger partial charge is 0.485 e. The number of nitrogens with one attached hydrogen (secondary N) is 1. The number of carbonyl (C=O) groups is 1. The summed E-state index contributed by atoms with van der Waals surface area (Å²) in [6, 6.07) is 7.45. The van der Waals surface area contributed by atoms with Gasteiger partial charge in [0.05, 0.1) is 5.75 Å². The first-order chi connectivity index (χ1) is 9.81. The highest BCUT2D eigenvalue weighted by Gasteiger charge is 2.30. The van der Waals surface area contributed by atoms with Crippen molar-refractivity contribution in [3.05, 3.63) is 30.1 Å². The van der Waals surface area contributed by atoms with Gasteiger partial charge in [0, 0.05) is 0 Å². The fraction of sp³-hybridized carbons (Fsp3) is 0.250. The maximum absolute atomic E-state index is 11.5. The molecule has 102 valence electrons. The van der Waals surface area contributed by atoms with Crippen LogP contribution in [0.5, 0.6) is 11.5 Å². The zero-order valence-electron chi connectivity index (χ0n) is 10.3. The standard InChI is InChI=1S/C12H10N4O3S/c17-10-6-20-12-14-13-11(16(12)15-10)9-5-18-7-3-1-2-4-8(7)19-9/h1-4,9H,5-6H2,(H,15,17). The van der Waals surface area contributed by atoms with Crippen LogP contribution in [0.3, 0.4) is 0 Å². The van der Waals surface area contributed by atoms with Crippen LogP contribution in [0.1, 0.15) is 11.9 Å². The van der Waals surface area contributed by atoms with Crippen LogP contribution in [0.25, 0.3) is 0 Å². The second kappa shape index (κ2) is 4.41. The topological polar surface area (TPSA) is 78.3 Å². The SMILES string of the molecule is O=C1CSc2nnc(C3COc4ccccc4O3)n2N1. The number of para-hydroxylation sites is 2. The Hall–Kier alpha value is -2.22. The molecule has 0 radical (unpaired) electrons. The third-order valence-corrected chi connectivity index (χ3v) is 3.95. The van der Waals surface area contributed by atoms with Gasteiger partial charge in [0.15, 0.2) is 23.4 Å². The van der Waals surface area contributed by atoms with E-state index in [4.69, 9.17) is 9.47 Å². The molecule has 20 heavy (non-hydrogen) atoms. The van der Waals surface area contributed by atoms with Crippen molar-refractivity contribution in [2.24, 2.45) is 0 Å². The van der Waals surface area contributed by atoms with Crippen LogP contribution in [0.15, 0.2) is 29.4 Å². The van der Waals surface area contributed by atoms with Crippen molar-refractivity contribution in [3.63, 3.8) is 0 Å². The third-order valence-electron chi connectivity index (χ3n) is 3.02. The number of amides is 1. The van der Waals surface area contributed by atoms with E-state index in [1.54, 1.807) is 4.68 Å². The highest BCUT2D eigenvalue weighted by Crippen LogP contribution is 2.36. The van der Waals surface area contributed by atoms with Gasteiger partial charge in [-0.05, 0) is 12.1 Å². The predicted octanol–water partition coefficient (Wildman–Crippen LogP) is 0.966. The Morgan fingerprint density at radius 2 is 2.15 bits per heavy atom. The number of fused-ring (bicyclic) bond motifs is 2. The van der Waals surface area contributed by atoms with Crippen LogP contribution in [0.2, 0.25) is 0 Å². The Morgan fingerprint density at radius 1 is 1.30 bits per heavy atom. The predicted molar refractivity (Wildman–Crippen MR) is 70.4 cm³/mol. The van der Waals surface area contributed by atoms with Gasteiger partial charge in [-0.1, -0.05) is 23.9 Å². The van der Waals surface area contributed by atoms with Crippen LogP contribution in [-0.4, -0.2) is 33.1 Å². The van der Waals surface area contributed by atoms with Gasteiger partial charge < -0.3 is 9.47 Å². The smallest absolute Gasteiger partial charge is 0.249 e. The number of rotatable bonds is 1. The van der Waals surface area contributed by atoms with Gasteiger partial charge in [-0.15, -0.1) is 10.2 Å². The molecule has 0 aliphatic carbocycles. The molecule has 2 aromatic rings. The summed E-state index contributed by atoms with van der Waals surface area (Å²) in [6.45, 7) is 0.329. The molecule has 2 aliphatic heterocycles. The van der Waals surface area contributed by atoms with Gasteiger partial charge in [0.2, 0.25) is 11.1 Å². The average molecular weight is 290 g/mol. The third kappa shape index (κ3) is 1.80. The fourth-order valence-electron chi connectivity index (χ4n) is 2.12. The molecular weight excluding hydrogens is 280 g/mol. The van der Waals surface area contributed by atoms with Crippen LogP contribution < -0.4 is 14.9 Å². The summed E-state index contributed by atoms with van der Waals surface area (Å²) in [6.07, 6.45) is -0.398. The van der Waals surface area contributed by atoms with E-state index in [0.29, 0.717) is 34.8 Å². The summed E-state index contributed by atoms with van der Waals surface area (Å²) in [7, 11) is 0. The molecule has 1 N–H and O–H groups in total. The highest BCUT2D eigenvalue weighted by atomic mass is 32.2. The van der Waals surface area contributed by atoms with E-state index < -0.39 is 6.10 Å². The molecule has 8 heteroatoms. The number of ether oxygens (including phenoxy) is 2. The maximum Gasteiger partial charge on any atom is 0.249 e. The molecule has 1 unspecified atom stereocenters. The van der Waals surface area contributed by atoms with Crippen molar-refractivity contribution in [1.82, 2.24) is 14.9 Å². The van der Waals surface area contributed by atoms with Crippen molar-refractivity contribution < 1.29 is 14.3 Å². The molecule has 0 fully saturated rings. The second-order valence-corrected chi connectivity index (χ2v) is 5.31. The molecule has 0 saturated heterocycles. The van der Waals surface area contributed by atoms with Gasteiger partial charge in [0.1, 0.15) is 6.61 Å². The molecule has 4 rings (SSSR count). The molecule has 1 aromatic carbocycles. The normalized spacial score (nSPS) is 20.2. The number of hydrogen-bond donors (Lipinski definition) is 1. The first-order valence-electron chi connectivity index (χ1n) is 6.08. The van der Waals surface area contributed by atoms with Crippen LogP contribution >= 0.6 is 11.8 Å². The zero-order chi connectivity index (χ0) is 13.5. The van der Waals surface area contributed by atoms with Crippen molar-refractivity contribution in [3.8, 4) is 11.5 Å². The number of carbonyl (C=O) groups excluding carboxylic acids is 1. The number of benzene rings is 1. The van der Waals surface area contributed by atoms with Crippen molar-refractivity contribution in [2.75, 3.05) is 17.8 Å². The molecular formula is C12H10N4O3S. The van der Waals surface area contributed by atoms with Crippen molar-refractivity contribution in [2.45, 2.75) is 11.3 Å². The molecule has 1 amide bonds. The van der Waals surface area contributed by atoms with Crippen LogP contribution in [0.4, 0.5) is 0 Å². The monoisotopic (exact) mass is 290 g/mol.